The number of carbonyl (C=O) groups is 1. The molecular weight excluding hydrogens is 410 g/mol. The summed E-state index contributed by atoms with van der Waals surface area (Å²) < 4.78 is 6.22. The molecule has 0 amide bonds. The fourth-order valence-electron chi connectivity index (χ4n) is 2.91. The first kappa shape index (κ1) is 20.6. The largest absolute Gasteiger partial charge is 0.478 e. The number of carboxylic acids is 1. The van der Waals surface area contributed by atoms with Gasteiger partial charge in [-0.2, -0.15) is 0 Å². The molecule has 6 nitrogen and oxygen atoms in total. The van der Waals surface area contributed by atoms with Crippen molar-refractivity contribution in [3.05, 3.63) is 83.5 Å². The Morgan fingerprint density at radius 3 is 2.48 bits per heavy atom. The third kappa shape index (κ3) is 4.90. The Bertz CT molecular complexity index is 1190. The first-order valence-electron chi connectivity index (χ1n) is 9.80. The molecule has 2 aromatic carbocycles. The van der Waals surface area contributed by atoms with E-state index in [4.69, 9.17) is 14.8 Å². The van der Waals surface area contributed by atoms with Crippen LogP contribution in [0.15, 0.2) is 72.9 Å². The topological polar surface area (TPSA) is 84.3 Å². The van der Waals surface area contributed by atoms with Gasteiger partial charge < -0.3 is 15.2 Å². The van der Waals surface area contributed by atoms with Crippen molar-refractivity contribution in [2.24, 2.45) is 0 Å². The van der Waals surface area contributed by atoms with E-state index in [-0.39, 0.29) is 5.56 Å². The van der Waals surface area contributed by atoms with E-state index in [2.05, 4.69) is 24.1 Å². The zero-order valence-electron chi connectivity index (χ0n) is 17.1. The smallest absolute Gasteiger partial charge is 0.335 e. The van der Waals surface area contributed by atoms with Gasteiger partial charge in [0, 0.05) is 29.4 Å². The van der Waals surface area contributed by atoms with Crippen LogP contribution in [0.4, 0.5) is 11.5 Å². The van der Waals surface area contributed by atoms with Gasteiger partial charge in [0.2, 0.25) is 5.06 Å². The normalized spacial score (nSPS) is 10.8. The molecule has 0 bridgehead atoms. The number of anilines is 2. The summed E-state index contributed by atoms with van der Waals surface area (Å²) in [5.74, 6) is 0.569. The van der Waals surface area contributed by atoms with Gasteiger partial charge in [-0.25, -0.2) is 14.8 Å². The number of aromatic carboxylic acids is 1. The molecule has 0 aliphatic heterocycles. The number of hydrogen-bond acceptors (Lipinski definition) is 6. The number of benzene rings is 2. The van der Waals surface area contributed by atoms with Crippen LogP contribution in [0.3, 0.4) is 0 Å². The van der Waals surface area contributed by atoms with E-state index in [1.54, 1.807) is 53.9 Å². The lowest BCUT2D eigenvalue weighted by molar-refractivity contribution is 0.0697. The van der Waals surface area contributed by atoms with E-state index >= 15 is 0 Å². The average molecular weight is 432 g/mol. The first-order valence-corrected chi connectivity index (χ1v) is 10.6. The number of aromatic nitrogens is 2. The van der Waals surface area contributed by atoms with Crippen molar-refractivity contribution < 1.29 is 14.6 Å². The maximum absolute atomic E-state index is 11.0. The van der Waals surface area contributed by atoms with Crippen molar-refractivity contribution >= 4 is 28.8 Å². The van der Waals surface area contributed by atoms with Crippen molar-refractivity contribution in [3.8, 4) is 22.1 Å². The molecule has 4 aromatic rings. The number of nitrogens with zero attached hydrogens (tertiary/aromatic N) is 2. The monoisotopic (exact) mass is 431 g/mol. The van der Waals surface area contributed by atoms with Gasteiger partial charge in [-0.3, -0.25) is 0 Å². The second-order valence-electron chi connectivity index (χ2n) is 7.20. The van der Waals surface area contributed by atoms with Gasteiger partial charge in [-0.1, -0.05) is 55.5 Å². The average Bonchev–Trinajstić information content (AvgIpc) is 3.19. The number of hydrogen-bond donors (Lipinski definition) is 2. The predicted molar refractivity (Wildman–Crippen MR) is 123 cm³/mol. The van der Waals surface area contributed by atoms with Crippen LogP contribution in [0.1, 0.15) is 35.1 Å². The molecule has 31 heavy (non-hydrogen) atoms. The Labute approximate surface area is 184 Å². The molecule has 156 valence electrons. The fraction of sp³-hybridized carbons (Fsp3) is 0.125. The number of carboxylic acid groups (broad SMARTS) is 1. The molecule has 2 N–H and O–H groups in total. The van der Waals surface area contributed by atoms with E-state index in [0.717, 1.165) is 27.0 Å². The second-order valence-corrected chi connectivity index (χ2v) is 8.19. The van der Waals surface area contributed by atoms with Gasteiger partial charge in [-0.15, -0.1) is 0 Å². The van der Waals surface area contributed by atoms with Crippen LogP contribution in [0.2, 0.25) is 0 Å². The molecule has 2 aromatic heterocycles. The molecule has 0 spiro atoms. The van der Waals surface area contributed by atoms with Gasteiger partial charge in [0.25, 0.3) is 0 Å². The third-order valence-corrected chi connectivity index (χ3v) is 5.73. The van der Waals surface area contributed by atoms with Crippen LogP contribution < -0.4 is 10.1 Å². The molecule has 7 heteroatoms. The van der Waals surface area contributed by atoms with Gasteiger partial charge >= 0.3 is 5.97 Å². The predicted octanol–water partition coefficient (Wildman–Crippen LogP) is 6.56. The summed E-state index contributed by atoms with van der Waals surface area (Å²) in [6.07, 6.45) is 1.66. The number of ether oxygens (including phenoxy) is 1. The summed E-state index contributed by atoms with van der Waals surface area (Å²) in [4.78, 5) is 20.1. The molecular formula is C24H21N3O3S. The quantitative estimate of drug-likeness (QED) is 0.345. The lowest BCUT2D eigenvalue weighted by atomic mass is 10.1. The minimum absolute atomic E-state index is 0.232. The maximum Gasteiger partial charge on any atom is 0.335 e. The Kier molecular flexibility index (Phi) is 5.95. The molecule has 0 unspecified atom stereocenters. The zero-order chi connectivity index (χ0) is 21.8. The standard InChI is InChI=1S/C24H21N3O3S/c1-15(2)22-27-21(16-6-4-3-5-7-16)24(31-22)30-19-12-13-25-20(14-19)26-18-10-8-17(9-11-18)23(28)29/h3-15H,1-2H3,(H,25,26)(H,28,29). The summed E-state index contributed by atoms with van der Waals surface area (Å²) in [5.41, 5.74) is 2.80. The number of thiazole rings is 1. The molecule has 0 saturated carbocycles. The molecule has 0 aliphatic carbocycles. The highest BCUT2D eigenvalue weighted by Gasteiger charge is 2.17. The number of nitrogens with one attached hydrogen (secondary N) is 1. The molecule has 0 saturated heterocycles. The molecule has 0 aliphatic rings. The summed E-state index contributed by atoms with van der Waals surface area (Å²) >= 11 is 1.54. The van der Waals surface area contributed by atoms with E-state index in [1.807, 2.05) is 30.3 Å². The van der Waals surface area contributed by atoms with Crippen molar-refractivity contribution in [2.45, 2.75) is 19.8 Å². The Balaban J connectivity index is 1.58. The maximum atomic E-state index is 11.0. The van der Waals surface area contributed by atoms with E-state index in [9.17, 15) is 4.79 Å². The summed E-state index contributed by atoms with van der Waals surface area (Å²) in [5, 5.41) is 13.9. The van der Waals surface area contributed by atoms with Crippen LogP contribution in [0, 0.1) is 0 Å². The highest BCUT2D eigenvalue weighted by molar-refractivity contribution is 7.14. The summed E-state index contributed by atoms with van der Waals surface area (Å²) in [6.45, 7) is 4.23. The van der Waals surface area contributed by atoms with Crippen molar-refractivity contribution in [1.82, 2.24) is 9.97 Å². The Hall–Kier alpha value is -3.71. The third-order valence-electron chi connectivity index (χ3n) is 4.50. The zero-order valence-corrected chi connectivity index (χ0v) is 17.9. The Morgan fingerprint density at radius 2 is 1.81 bits per heavy atom. The van der Waals surface area contributed by atoms with Gasteiger partial charge in [0.1, 0.15) is 17.3 Å². The SMILES string of the molecule is CC(C)c1nc(-c2ccccc2)c(Oc2ccnc(Nc3ccc(C(=O)O)cc3)c2)s1. The van der Waals surface area contributed by atoms with Crippen LogP contribution in [0.5, 0.6) is 10.8 Å². The van der Waals surface area contributed by atoms with E-state index in [0.29, 0.717) is 17.5 Å². The summed E-state index contributed by atoms with van der Waals surface area (Å²) in [7, 11) is 0. The molecule has 4 rings (SSSR count). The van der Waals surface area contributed by atoms with Crippen LogP contribution >= 0.6 is 11.3 Å². The van der Waals surface area contributed by atoms with Crippen molar-refractivity contribution in [3.63, 3.8) is 0 Å². The van der Waals surface area contributed by atoms with Gasteiger partial charge in [-0.05, 0) is 30.3 Å². The van der Waals surface area contributed by atoms with Crippen LogP contribution in [-0.4, -0.2) is 21.0 Å². The van der Waals surface area contributed by atoms with E-state index in [1.165, 1.54) is 0 Å². The van der Waals surface area contributed by atoms with Gasteiger partial charge in [0.15, 0.2) is 0 Å². The van der Waals surface area contributed by atoms with Gasteiger partial charge in [0.05, 0.1) is 10.6 Å². The second kappa shape index (κ2) is 8.97. The fourth-order valence-corrected chi connectivity index (χ4v) is 3.87. The Morgan fingerprint density at radius 1 is 1.06 bits per heavy atom. The van der Waals surface area contributed by atoms with Crippen LogP contribution in [-0.2, 0) is 0 Å². The first-order chi connectivity index (χ1) is 15.0. The van der Waals surface area contributed by atoms with Crippen LogP contribution in [0.25, 0.3) is 11.3 Å². The lowest BCUT2D eigenvalue weighted by Gasteiger charge is -2.09. The number of rotatable bonds is 7. The highest BCUT2D eigenvalue weighted by atomic mass is 32.1. The molecule has 2 heterocycles. The minimum atomic E-state index is -0.959. The van der Waals surface area contributed by atoms with Crippen molar-refractivity contribution in [2.75, 3.05) is 5.32 Å². The molecule has 0 atom stereocenters. The van der Waals surface area contributed by atoms with Crippen molar-refractivity contribution in [1.29, 1.82) is 0 Å². The highest BCUT2D eigenvalue weighted by Crippen LogP contribution is 2.40. The lowest BCUT2D eigenvalue weighted by Crippen LogP contribution is -1.97. The number of pyridine rings is 1. The minimum Gasteiger partial charge on any atom is -0.478 e. The molecule has 0 fully saturated rings. The molecule has 0 radical (unpaired) electrons. The van der Waals surface area contributed by atoms with E-state index < -0.39 is 5.97 Å². The summed E-state index contributed by atoms with van der Waals surface area (Å²) in [6, 6.07) is 20.1.